The first kappa shape index (κ1) is 7.62. The van der Waals surface area contributed by atoms with Gasteiger partial charge < -0.3 is 4.90 Å². The summed E-state index contributed by atoms with van der Waals surface area (Å²) in [5.74, 6) is 0. The minimum atomic E-state index is 0.718. The highest BCUT2D eigenvalue weighted by molar-refractivity contribution is 6.33. The summed E-state index contributed by atoms with van der Waals surface area (Å²) in [4.78, 5) is 6.36. The summed E-state index contributed by atoms with van der Waals surface area (Å²) in [6, 6.07) is 5.83. The summed E-state index contributed by atoms with van der Waals surface area (Å²) in [6.07, 6.45) is 1.87. The molecule has 1 aromatic rings. The van der Waals surface area contributed by atoms with Gasteiger partial charge in [0.05, 0.1) is 17.3 Å². The summed E-state index contributed by atoms with van der Waals surface area (Å²) in [5.41, 5.74) is 1.98. The van der Waals surface area contributed by atoms with E-state index in [9.17, 15) is 0 Å². The van der Waals surface area contributed by atoms with Gasteiger partial charge in [-0.05, 0) is 12.1 Å². The normalized spacial score (nSPS) is 14.7. The highest BCUT2D eigenvalue weighted by atomic mass is 35.5. The molecule has 0 aromatic heterocycles. The van der Waals surface area contributed by atoms with Gasteiger partial charge in [0, 0.05) is 13.3 Å². The van der Waals surface area contributed by atoms with Crippen LogP contribution in [0.15, 0.2) is 23.2 Å². The zero-order valence-electron chi connectivity index (χ0n) is 6.79. The topological polar surface area (TPSA) is 15.6 Å². The van der Waals surface area contributed by atoms with Gasteiger partial charge in [0.2, 0.25) is 0 Å². The summed E-state index contributed by atoms with van der Waals surface area (Å²) >= 11 is 5.97. The molecule has 2 nitrogen and oxygen atoms in total. The van der Waals surface area contributed by atoms with E-state index in [1.807, 2.05) is 31.5 Å². The van der Waals surface area contributed by atoms with Crippen LogP contribution in [0, 0.1) is 0 Å². The number of halogens is 1. The largest absolute Gasteiger partial charge is 0.368 e. The highest BCUT2D eigenvalue weighted by Crippen LogP contribution is 2.36. The van der Waals surface area contributed by atoms with Crippen LogP contribution in [-0.4, -0.2) is 19.8 Å². The van der Waals surface area contributed by atoms with Crippen molar-refractivity contribution in [3.8, 4) is 0 Å². The molecule has 0 bridgehead atoms. The molecule has 0 radical (unpaired) electrons. The molecular formula is C9H9ClN2. The lowest BCUT2D eigenvalue weighted by molar-refractivity contribution is 1.05. The maximum absolute atomic E-state index is 5.97. The van der Waals surface area contributed by atoms with Gasteiger partial charge in [-0.2, -0.15) is 0 Å². The molecule has 0 spiro atoms. The first-order valence-electron chi connectivity index (χ1n) is 3.81. The number of rotatable bonds is 0. The summed E-state index contributed by atoms with van der Waals surface area (Å²) in [7, 11) is 2.03. The zero-order valence-corrected chi connectivity index (χ0v) is 7.54. The molecular weight excluding hydrogens is 172 g/mol. The third-order valence-electron chi connectivity index (χ3n) is 1.95. The van der Waals surface area contributed by atoms with Crippen molar-refractivity contribution in [1.29, 1.82) is 0 Å². The first-order valence-corrected chi connectivity index (χ1v) is 4.19. The van der Waals surface area contributed by atoms with Crippen LogP contribution in [0.1, 0.15) is 0 Å². The van der Waals surface area contributed by atoms with Crippen LogP contribution in [0.4, 0.5) is 11.4 Å². The zero-order chi connectivity index (χ0) is 8.55. The van der Waals surface area contributed by atoms with Gasteiger partial charge in [-0.1, -0.05) is 17.7 Å². The summed E-state index contributed by atoms with van der Waals surface area (Å²) < 4.78 is 0. The Kier molecular flexibility index (Phi) is 1.77. The van der Waals surface area contributed by atoms with Crippen LogP contribution in [-0.2, 0) is 0 Å². The first-order chi connectivity index (χ1) is 5.79. The van der Waals surface area contributed by atoms with Gasteiger partial charge in [0.15, 0.2) is 0 Å². The van der Waals surface area contributed by atoms with Gasteiger partial charge in [-0.25, -0.2) is 0 Å². The minimum Gasteiger partial charge on any atom is -0.368 e. The quantitative estimate of drug-likeness (QED) is 0.599. The van der Waals surface area contributed by atoms with E-state index in [4.69, 9.17) is 11.6 Å². The summed E-state index contributed by atoms with van der Waals surface area (Å²) in [5, 5.41) is 0.718. The van der Waals surface area contributed by atoms with Gasteiger partial charge >= 0.3 is 0 Å². The second kappa shape index (κ2) is 2.79. The second-order valence-corrected chi connectivity index (χ2v) is 3.21. The van der Waals surface area contributed by atoms with E-state index in [1.165, 1.54) is 0 Å². The van der Waals surface area contributed by atoms with Crippen LogP contribution in [0.2, 0.25) is 5.02 Å². The third-order valence-corrected chi connectivity index (χ3v) is 2.26. The molecule has 1 heterocycles. The number of nitrogens with zero attached hydrogens (tertiary/aromatic N) is 2. The Morgan fingerprint density at radius 1 is 1.50 bits per heavy atom. The van der Waals surface area contributed by atoms with Crippen LogP contribution in [0.25, 0.3) is 0 Å². The molecule has 0 unspecified atom stereocenters. The molecule has 0 saturated carbocycles. The van der Waals surface area contributed by atoms with Gasteiger partial charge in [-0.15, -0.1) is 0 Å². The molecule has 12 heavy (non-hydrogen) atoms. The van der Waals surface area contributed by atoms with Crippen molar-refractivity contribution in [1.82, 2.24) is 0 Å². The standard InChI is InChI=1S/C9H9ClN2/c1-12-6-5-11-9-7(10)3-2-4-8(9)12/h2-5H,6H2,1H3. The van der Waals surface area contributed by atoms with E-state index in [1.54, 1.807) is 0 Å². The smallest absolute Gasteiger partial charge is 0.105 e. The van der Waals surface area contributed by atoms with Crippen molar-refractivity contribution in [2.45, 2.75) is 0 Å². The number of hydrogen-bond acceptors (Lipinski definition) is 2. The fraction of sp³-hybridized carbons (Fsp3) is 0.222. The fourth-order valence-electron chi connectivity index (χ4n) is 1.29. The Morgan fingerprint density at radius 2 is 2.33 bits per heavy atom. The number of anilines is 1. The minimum absolute atomic E-state index is 0.718. The predicted octanol–water partition coefficient (Wildman–Crippen LogP) is 2.49. The fourth-order valence-corrected chi connectivity index (χ4v) is 1.51. The Hall–Kier alpha value is -1.02. The molecule has 1 aliphatic rings. The van der Waals surface area contributed by atoms with Crippen LogP contribution in [0.5, 0.6) is 0 Å². The van der Waals surface area contributed by atoms with E-state index >= 15 is 0 Å². The maximum atomic E-state index is 5.97. The van der Waals surface area contributed by atoms with Gasteiger partial charge in [0.25, 0.3) is 0 Å². The van der Waals surface area contributed by atoms with E-state index in [0.29, 0.717) is 0 Å². The Balaban J connectivity index is 2.61. The van der Waals surface area contributed by atoms with E-state index in [-0.39, 0.29) is 0 Å². The third kappa shape index (κ3) is 1.08. The molecule has 1 aromatic carbocycles. The number of para-hydroxylation sites is 1. The number of benzene rings is 1. The second-order valence-electron chi connectivity index (χ2n) is 2.80. The molecule has 2 rings (SSSR count). The number of hydrogen-bond donors (Lipinski definition) is 0. The molecule has 3 heteroatoms. The van der Waals surface area contributed by atoms with Gasteiger partial charge in [-0.3, -0.25) is 4.99 Å². The Labute approximate surface area is 76.5 Å². The van der Waals surface area contributed by atoms with Crippen LogP contribution >= 0.6 is 11.6 Å². The Morgan fingerprint density at radius 3 is 3.08 bits per heavy atom. The van der Waals surface area contributed by atoms with E-state index in [0.717, 1.165) is 22.9 Å². The molecule has 0 aliphatic carbocycles. The predicted molar refractivity (Wildman–Crippen MR) is 52.9 cm³/mol. The average molecular weight is 181 g/mol. The molecule has 0 atom stereocenters. The van der Waals surface area contributed by atoms with Gasteiger partial charge in [0.1, 0.15) is 5.69 Å². The molecule has 0 fully saturated rings. The Bertz CT molecular complexity index is 333. The molecule has 0 N–H and O–H groups in total. The average Bonchev–Trinajstić information content (AvgIpc) is 2.07. The number of fused-ring (bicyclic) bond motifs is 1. The van der Waals surface area contributed by atoms with Crippen molar-refractivity contribution in [3.63, 3.8) is 0 Å². The monoisotopic (exact) mass is 180 g/mol. The lowest BCUT2D eigenvalue weighted by atomic mass is 10.2. The lowest BCUT2D eigenvalue weighted by Gasteiger charge is -2.22. The van der Waals surface area contributed by atoms with Crippen LogP contribution in [0.3, 0.4) is 0 Å². The van der Waals surface area contributed by atoms with E-state index < -0.39 is 0 Å². The maximum Gasteiger partial charge on any atom is 0.105 e. The van der Waals surface area contributed by atoms with Crippen molar-refractivity contribution < 1.29 is 0 Å². The van der Waals surface area contributed by atoms with Crippen molar-refractivity contribution in [2.75, 3.05) is 18.5 Å². The molecule has 0 saturated heterocycles. The van der Waals surface area contributed by atoms with E-state index in [2.05, 4.69) is 9.89 Å². The highest BCUT2D eigenvalue weighted by Gasteiger charge is 2.11. The van der Waals surface area contributed by atoms with Crippen LogP contribution < -0.4 is 4.90 Å². The SMILES string of the molecule is CN1CC=Nc2c(Cl)cccc21. The molecule has 0 amide bonds. The lowest BCUT2D eigenvalue weighted by Crippen LogP contribution is -2.21. The summed E-state index contributed by atoms with van der Waals surface area (Å²) in [6.45, 7) is 0.855. The van der Waals surface area contributed by atoms with Crippen molar-refractivity contribution >= 4 is 29.2 Å². The van der Waals surface area contributed by atoms with Crippen molar-refractivity contribution in [3.05, 3.63) is 23.2 Å². The number of aliphatic imine (C=N–C) groups is 1. The molecule has 1 aliphatic heterocycles. The molecule has 62 valence electrons. The van der Waals surface area contributed by atoms with Crippen molar-refractivity contribution in [2.24, 2.45) is 4.99 Å².